The van der Waals surface area contributed by atoms with E-state index in [1.54, 1.807) is 19.0 Å². The van der Waals surface area contributed by atoms with Crippen LogP contribution in [0.25, 0.3) is 0 Å². The van der Waals surface area contributed by atoms with Gasteiger partial charge in [-0.2, -0.15) is 0 Å². The van der Waals surface area contributed by atoms with Gasteiger partial charge in [-0.25, -0.2) is 0 Å². The highest BCUT2D eigenvalue weighted by atomic mass is 16.2. The number of carbonyl (C=O) groups excluding carboxylic acids is 4. The van der Waals surface area contributed by atoms with Gasteiger partial charge in [-0.05, 0) is 39.0 Å². The molecule has 3 aliphatic rings. The normalized spacial score (nSPS) is 22.5. The maximum absolute atomic E-state index is 13.3. The number of hydrogen-bond acceptors (Lipinski definition) is 4. The fourth-order valence-corrected chi connectivity index (χ4v) is 5.10. The van der Waals surface area contributed by atoms with Crippen molar-refractivity contribution in [2.45, 2.75) is 77.2 Å². The summed E-state index contributed by atoms with van der Waals surface area (Å²) in [5, 5.41) is 3.10. The molecule has 4 amide bonds. The molecule has 178 valence electrons. The maximum Gasteiger partial charge on any atom is 0.251 e. The average Bonchev–Trinajstić information content (AvgIpc) is 3.17. The zero-order valence-corrected chi connectivity index (χ0v) is 19.8. The summed E-state index contributed by atoms with van der Waals surface area (Å²) < 4.78 is 0. The van der Waals surface area contributed by atoms with Gasteiger partial charge in [-0.1, -0.05) is 19.3 Å². The maximum atomic E-state index is 13.3. The monoisotopic (exact) mass is 446 g/mol. The molecule has 8 nitrogen and oxygen atoms in total. The second-order valence-corrected chi connectivity index (χ2v) is 9.60. The molecule has 0 radical (unpaired) electrons. The average molecular weight is 447 g/mol. The Hall–Kier alpha value is -2.38. The molecule has 1 aliphatic carbocycles. The Morgan fingerprint density at radius 3 is 2.41 bits per heavy atom. The lowest BCUT2D eigenvalue weighted by Crippen LogP contribution is -2.45. The lowest BCUT2D eigenvalue weighted by molar-refractivity contribution is -0.138. The molecule has 0 aromatic rings. The summed E-state index contributed by atoms with van der Waals surface area (Å²) >= 11 is 0. The largest absolute Gasteiger partial charge is 0.353 e. The molecule has 1 saturated heterocycles. The van der Waals surface area contributed by atoms with Crippen LogP contribution in [-0.2, 0) is 19.2 Å². The summed E-state index contributed by atoms with van der Waals surface area (Å²) in [6.45, 7) is 3.64. The topological polar surface area (TPSA) is 90.0 Å². The molecule has 1 saturated carbocycles. The van der Waals surface area contributed by atoms with E-state index >= 15 is 0 Å². The predicted octanol–water partition coefficient (Wildman–Crippen LogP) is 2.05. The number of nitrogens with one attached hydrogen (secondary N) is 1. The van der Waals surface area contributed by atoms with Gasteiger partial charge in [-0.15, -0.1) is 0 Å². The Labute approximate surface area is 191 Å². The standard InChI is InChI=1S/C24H38N4O4/c1-17-20(24(32)26(2)3)15-18(16-21(29)25-19-9-5-4-6-10-19)23(31)28(17)14-8-13-27-12-7-11-22(27)30/h18-19H,4-16H2,1-3H3,(H,25,29). The molecule has 1 atom stereocenters. The molecule has 0 aromatic heterocycles. The summed E-state index contributed by atoms with van der Waals surface area (Å²) in [5.74, 6) is -0.677. The summed E-state index contributed by atoms with van der Waals surface area (Å²) in [5.41, 5.74) is 1.27. The highest BCUT2D eigenvalue weighted by Crippen LogP contribution is 2.31. The van der Waals surface area contributed by atoms with Crippen molar-refractivity contribution in [3.05, 3.63) is 11.3 Å². The second-order valence-electron chi connectivity index (χ2n) is 9.60. The molecule has 0 spiro atoms. The molecule has 2 fully saturated rings. The number of hydrogen-bond donors (Lipinski definition) is 1. The van der Waals surface area contributed by atoms with Gasteiger partial charge in [0, 0.05) is 63.9 Å². The molecule has 32 heavy (non-hydrogen) atoms. The third-order valence-corrected chi connectivity index (χ3v) is 6.95. The van der Waals surface area contributed by atoms with Crippen LogP contribution in [-0.4, -0.2) is 78.1 Å². The van der Waals surface area contributed by atoms with E-state index in [0.717, 1.165) is 38.6 Å². The summed E-state index contributed by atoms with van der Waals surface area (Å²) in [7, 11) is 3.40. The Morgan fingerprint density at radius 1 is 1.06 bits per heavy atom. The van der Waals surface area contributed by atoms with Crippen molar-refractivity contribution < 1.29 is 19.2 Å². The molecule has 1 unspecified atom stereocenters. The van der Waals surface area contributed by atoms with Crippen LogP contribution in [0.3, 0.4) is 0 Å². The summed E-state index contributed by atoms with van der Waals surface area (Å²) in [4.78, 5) is 55.7. The molecular weight excluding hydrogens is 408 g/mol. The quantitative estimate of drug-likeness (QED) is 0.618. The molecule has 0 aromatic carbocycles. The smallest absolute Gasteiger partial charge is 0.251 e. The number of amides is 4. The van der Waals surface area contributed by atoms with Crippen molar-refractivity contribution in [3.63, 3.8) is 0 Å². The van der Waals surface area contributed by atoms with E-state index < -0.39 is 5.92 Å². The number of allylic oxidation sites excluding steroid dienone is 1. The van der Waals surface area contributed by atoms with Crippen LogP contribution in [0, 0.1) is 5.92 Å². The van der Waals surface area contributed by atoms with E-state index in [2.05, 4.69) is 5.32 Å². The molecule has 2 aliphatic heterocycles. The summed E-state index contributed by atoms with van der Waals surface area (Å²) in [6.07, 6.45) is 8.00. The minimum absolute atomic E-state index is 0.0932. The Kier molecular flexibility index (Phi) is 8.32. The van der Waals surface area contributed by atoms with E-state index in [0.29, 0.717) is 43.6 Å². The molecule has 2 heterocycles. The first kappa shape index (κ1) is 24.3. The van der Waals surface area contributed by atoms with Crippen molar-refractivity contribution in [1.29, 1.82) is 0 Å². The number of likely N-dealkylation sites (tertiary alicyclic amines) is 1. The van der Waals surface area contributed by atoms with Crippen LogP contribution in [0.5, 0.6) is 0 Å². The van der Waals surface area contributed by atoms with E-state index in [1.807, 2.05) is 11.8 Å². The van der Waals surface area contributed by atoms with Gasteiger partial charge in [0.1, 0.15) is 0 Å². The van der Waals surface area contributed by atoms with Gasteiger partial charge < -0.3 is 20.0 Å². The van der Waals surface area contributed by atoms with Crippen molar-refractivity contribution in [1.82, 2.24) is 20.0 Å². The zero-order valence-electron chi connectivity index (χ0n) is 19.8. The summed E-state index contributed by atoms with van der Waals surface area (Å²) in [6, 6.07) is 0.198. The number of rotatable bonds is 8. The molecule has 1 N–H and O–H groups in total. The Morgan fingerprint density at radius 2 is 1.78 bits per heavy atom. The van der Waals surface area contributed by atoms with Crippen LogP contribution in [0.15, 0.2) is 11.3 Å². The number of nitrogens with zero attached hydrogens (tertiary/aromatic N) is 3. The van der Waals surface area contributed by atoms with Gasteiger partial charge in [-0.3, -0.25) is 19.2 Å². The van der Waals surface area contributed by atoms with Gasteiger partial charge >= 0.3 is 0 Å². The lowest BCUT2D eigenvalue weighted by Gasteiger charge is -2.35. The Balaban J connectivity index is 1.67. The van der Waals surface area contributed by atoms with Gasteiger partial charge in [0.25, 0.3) is 5.91 Å². The third kappa shape index (κ3) is 5.90. The predicted molar refractivity (Wildman–Crippen MR) is 121 cm³/mol. The van der Waals surface area contributed by atoms with Crippen molar-refractivity contribution in [3.8, 4) is 0 Å². The van der Waals surface area contributed by atoms with E-state index in [1.165, 1.54) is 11.3 Å². The molecule has 3 rings (SSSR count). The van der Waals surface area contributed by atoms with E-state index in [4.69, 9.17) is 0 Å². The fourth-order valence-electron chi connectivity index (χ4n) is 5.10. The van der Waals surface area contributed by atoms with Crippen molar-refractivity contribution in [2.75, 3.05) is 33.7 Å². The SMILES string of the molecule is CC1=C(C(=O)N(C)C)CC(CC(=O)NC2CCCCC2)C(=O)N1CCCN1CCCC1=O. The van der Waals surface area contributed by atoms with Crippen LogP contribution in [0.2, 0.25) is 0 Å². The minimum atomic E-state index is -0.533. The highest BCUT2D eigenvalue weighted by Gasteiger charge is 2.37. The molecular formula is C24H38N4O4. The fraction of sp³-hybridized carbons (Fsp3) is 0.750. The minimum Gasteiger partial charge on any atom is -0.353 e. The molecule has 8 heteroatoms. The first-order valence-corrected chi connectivity index (χ1v) is 12.1. The number of carbonyl (C=O) groups is 4. The van der Waals surface area contributed by atoms with Crippen molar-refractivity contribution in [2.24, 2.45) is 5.92 Å². The zero-order chi connectivity index (χ0) is 23.3. The first-order valence-electron chi connectivity index (χ1n) is 12.1. The molecule has 0 bridgehead atoms. The van der Waals surface area contributed by atoms with Crippen molar-refractivity contribution >= 4 is 23.6 Å². The van der Waals surface area contributed by atoms with Crippen LogP contribution in [0.1, 0.15) is 71.1 Å². The third-order valence-electron chi connectivity index (χ3n) is 6.95. The van der Waals surface area contributed by atoms with Crippen LogP contribution < -0.4 is 5.32 Å². The van der Waals surface area contributed by atoms with Crippen LogP contribution >= 0.6 is 0 Å². The van der Waals surface area contributed by atoms with Gasteiger partial charge in [0.2, 0.25) is 17.7 Å². The Bertz CT molecular complexity index is 770. The van der Waals surface area contributed by atoms with E-state index in [-0.39, 0.29) is 36.1 Å². The van der Waals surface area contributed by atoms with Gasteiger partial charge in [0.05, 0.1) is 5.92 Å². The first-order chi connectivity index (χ1) is 15.3. The number of likely N-dealkylation sites (N-methyl/N-ethyl adjacent to an activating group) is 1. The lowest BCUT2D eigenvalue weighted by atomic mass is 9.88. The van der Waals surface area contributed by atoms with Gasteiger partial charge in [0.15, 0.2) is 0 Å². The van der Waals surface area contributed by atoms with Crippen LogP contribution in [0.4, 0.5) is 0 Å². The second kappa shape index (κ2) is 11.0. The van der Waals surface area contributed by atoms with E-state index in [9.17, 15) is 19.2 Å². The highest BCUT2D eigenvalue weighted by molar-refractivity contribution is 5.98.